The monoisotopic (exact) mass is 329 g/mol. The van der Waals surface area contributed by atoms with Gasteiger partial charge in [0, 0.05) is 11.1 Å². The number of hydrogen-bond acceptors (Lipinski definition) is 4. The minimum Gasteiger partial charge on any atom is -0.260 e. The molecule has 1 aromatic heterocycles. The number of hydrogen-bond donors (Lipinski definition) is 0. The van der Waals surface area contributed by atoms with Crippen LogP contribution in [0.15, 0.2) is 52.4 Å². The first-order chi connectivity index (χ1) is 12.3. The largest absolute Gasteiger partial charge is 0.260 e. The van der Waals surface area contributed by atoms with E-state index in [1.54, 1.807) is 0 Å². The molecule has 2 heterocycles. The molecule has 0 N–H and O–H groups in total. The number of amidine groups is 1. The van der Waals surface area contributed by atoms with Crippen LogP contribution in [-0.4, -0.2) is 33.1 Å². The molecule has 124 valence electrons. The maximum Gasteiger partial charge on any atom is 0.155 e. The van der Waals surface area contributed by atoms with E-state index in [0.29, 0.717) is 12.6 Å². The first kappa shape index (κ1) is 14.5. The Hall–Kier alpha value is -2.82. The molecule has 1 saturated carbocycles. The van der Waals surface area contributed by atoms with E-state index in [-0.39, 0.29) is 0 Å². The second-order valence-corrected chi connectivity index (χ2v) is 6.72. The van der Waals surface area contributed by atoms with E-state index in [9.17, 15) is 0 Å². The van der Waals surface area contributed by atoms with Gasteiger partial charge in [0.05, 0.1) is 23.8 Å². The number of aromatic nitrogens is 3. The van der Waals surface area contributed by atoms with Crippen LogP contribution in [0, 0.1) is 0 Å². The summed E-state index contributed by atoms with van der Waals surface area (Å²) >= 11 is 0. The summed E-state index contributed by atoms with van der Waals surface area (Å²) in [4.78, 5) is 9.41. The van der Waals surface area contributed by atoms with Gasteiger partial charge in [-0.25, -0.2) is 9.67 Å². The Morgan fingerprint density at radius 1 is 1.08 bits per heavy atom. The summed E-state index contributed by atoms with van der Waals surface area (Å²) in [6.07, 6.45) is 3.44. The van der Waals surface area contributed by atoms with Gasteiger partial charge in [-0.2, -0.15) is 0 Å². The van der Waals surface area contributed by atoms with Gasteiger partial charge in [-0.15, -0.1) is 5.10 Å². The molecule has 2 aromatic carbocycles. The topological polar surface area (TPSA) is 55.4 Å². The molecule has 1 aliphatic heterocycles. The van der Waals surface area contributed by atoms with Crippen molar-refractivity contribution in [2.75, 3.05) is 6.54 Å². The van der Waals surface area contributed by atoms with Gasteiger partial charge in [-0.3, -0.25) is 4.99 Å². The van der Waals surface area contributed by atoms with Crippen molar-refractivity contribution in [2.45, 2.75) is 32.2 Å². The van der Waals surface area contributed by atoms with Crippen molar-refractivity contribution in [3.05, 3.63) is 59.2 Å². The van der Waals surface area contributed by atoms with Crippen molar-refractivity contribution < 1.29 is 0 Å². The van der Waals surface area contributed by atoms with Gasteiger partial charge in [0.1, 0.15) is 5.52 Å². The Labute approximate surface area is 146 Å². The fourth-order valence-corrected chi connectivity index (χ4v) is 3.30. The minimum absolute atomic E-state index is 0.542. The average molecular weight is 329 g/mol. The Bertz CT molecular complexity index is 1020. The highest BCUT2D eigenvalue weighted by molar-refractivity contribution is 6.17. The summed E-state index contributed by atoms with van der Waals surface area (Å²) in [7, 11) is 0. The summed E-state index contributed by atoms with van der Waals surface area (Å²) in [5.74, 6) is 0.826. The third kappa shape index (κ3) is 2.56. The van der Waals surface area contributed by atoms with Gasteiger partial charge in [-0.1, -0.05) is 36.4 Å². The van der Waals surface area contributed by atoms with Gasteiger partial charge in [-0.05, 0) is 43.0 Å². The van der Waals surface area contributed by atoms with Crippen LogP contribution >= 0.6 is 0 Å². The minimum atomic E-state index is 0.542. The molecule has 1 fully saturated rings. The lowest BCUT2D eigenvalue weighted by Gasteiger charge is -2.02. The molecule has 0 saturated heterocycles. The van der Waals surface area contributed by atoms with E-state index < -0.39 is 0 Å². The molecule has 1 aliphatic carbocycles. The Balaban J connectivity index is 1.46. The van der Waals surface area contributed by atoms with Gasteiger partial charge in [0.2, 0.25) is 0 Å². The molecule has 0 bridgehead atoms. The average Bonchev–Trinajstić information content (AvgIpc) is 3.22. The van der Waals surface area contributed by atoms with Crippen molar-refractivity contribution in [3.63, 3.8) is 0 Å². The zero-order valence-electron chi connectivity index (χ0n) is 14.2. The smallest absolute Gasteiger partial charge is 0.155 e. The predicted molar refractivity (Wildman–Crippen MR) is 99.6 cm³/mol. The number of aryl methyl sites for hydroxylation is 1. The first-order valence-electron chi connectivity index (χ1n) is 8.88. The van der Waals surface area contributed by atoms with Gasteiger partial charge >= 0.3 is 0 Å². The van der Waals surface area contributed by atoms with Crippen LogP contribution in [0.3, 0.4) is 0 Å². The highest BCUT2D eigenvalue weighted by Gasteiger charge is 2.26. The molecule has 0 radical (unpaired) electrons. The molecule has 3 aromatic rings. The lowest BCUT2D eigenvalue weighted by atomic mass is 10.1. The maximum atomic E-state index is 4.78. The lowest BCUT2D eigenvalue weighted by Crippen LogP contribution is -2.02. The van der Waals surface area contributed by atoms with E-state index in [0.717, 1.165) is 40.1 Å². The molecular formula is C20H19N5. The van der Waals surface area contributed by atoms with E-state index in [1.807, 2.05) is 4.68 Å². The van der Waals surface area contributed by atoms with Crippen molar-refractivity contribution >= 4 is 22.6 Å². The molecule has 0 unspecified atom stereocenters. The first-order valence-corrected chi connectivity index (χ1v) is 8.88. The van der Waals surface area contributed by atoms with E-state index in [2.05, 4.69) is 64.7 Å². The molecule has 0 spiro atoms. The highest BCUT2D eigenvalue weighted by Crippen LogP contribution is 2.36. The summed E-state index contributed by atoms with van der Waals surface area (Å²) < 4.78 is 2.05. The second kappa shape index (κ2) is 5.62. The van der Waals surface area contributed by atoms with Crippen molar-refractivity contribution in [1.82, 2.24) is 15.0 Å². The van der Waals surface area contributed by atoms with E-state index in [1.165, 1.54) is 18.4 Å². The fourth-order valence-electron chi connectivity index (χ4n) is 3.30. The zero-order chi connectivity index (χ0) is 16.8. The summed E-state index contributed by atoms with van der Waals surface area (Å²) in [6, 6.07) is 15.3. The second-order valence-electron chi connectivity index (χ2n) is 6.72. The van der Waals surface area contributed by atoms with Crippen LogP contribution in [0.5, 0.6) is 0 Å². The Kier molecular flexibility index (Phi) is 3.26. The fraction of sp³-hybridized carbons (Fsp3) is 0.300. The number of rotatable bonds is 4. The Morgan fingerprint density at radius 3 is 2.84 bits per heavy atom. The summed E-state index contributed by atoms with van der Waals surface area (Å²) in [5.41, 5.74) is 6.53. The van der Waals surface area contributed by atoms with Crippen LogP contribution in [0.4, 0.5) is 0 Å². The van der Waals surface area contributed by atoms with Gasteiger partial charge < -0.3 is 0 Å². The van der Waals surface area contributed by atoms with Crippen LogP contribution < -0.4 is 0 Å². The van der Waals surface area contributed by atoms with Crippen molar-refractivity contribution in [1.29, 1.82) is 0 Å². The molecule has 5 heteroatoms. The number of benzene rings is 2. The molecule has 0 amide bonds. The van der Waals surface area contributed by atoms with Crippen LogP contribution in [0.2, 0.25) is 0 Å². The van der Waals surface area contributed by atoms with Gasteiger partial charge in [0.15, 0.2) is 5.84 Å². The SMILES string of the molecule is CCc1cccc(C2=NCC(c3ccc4c(c3)nnn4C3CC3)=N2)c1. The van der Waals surface area contributed by atoms with E-state index in [4.69, 9.17) is 4.99 Å². The molecule has 25 heavy (non-hydrogen) atoms. The van der Waals surface area contributed by atoms with Gasteiger partial charge in [0.25, 0.3) is 0 Å². The van der Waals surface area contributed by atoms with Crippen LogP contribution in [0.25, 0.3) is 11.0 Å². The number of nitrogens with zero attached hydrogens (tertiary/aromatic N) is 5. The summed E-state index contributed by atoms with van der Waals surface area (Å²) in [6.45, 7) is 2.78. The normalized spacial score (nSPS) is 17.0. The third-order valence-electron chi connectivity index (χ3n) is 4.91. The van der Waals surface area contributed by atoms with Crippen molar-refractivity contribution in [2.24, 2.45) is 9.98 Å². The number of fused-ring (bicyclic) bond motifs is 1. The molecular weight excluding hydrogens is 310 g/mol. The molecule has 5 nitrogen and oxygen atoms in total. The number of aliphatic imine (C=N–C) groups is 2. The summed E-state index contributed by atoms with van der Waals surface area (Å²) in [5, 5.41) is 8.64. The standard InChI is InChI=1S/C20H19N5/c1-2-13-4-3-5-15(10-13)20-21-12-18(22-20)14-6-9-19-17(11-14)23-24-25(19)16-7-8-16/h3-6,9-11,16H,2,7-8,12H2,1H3. The zero-order valence-corrected chi connectivity index (χ0v) is 14.2. The quantitative estimate of drug-likeness (QED) is 0.734. The maximum absolute atomic E-state index is 4.78. The predicted octanol–water partition coefficient (Wildman–Crippen LogP) is 3.58. The Morgan fingerprint density at radius 2 is 2.00 bits per heavy atom. The lowest BCUT2D eigenvalue weighted by molar-refractivity contribution is 0.630. The third-order valence-corrected chi connectivity index (χ3v) is 4.91. The molecule has 0 atom stereocenters. The van der Waals surface area contributed by atoms with Crippen molar-refractivity contribution in [3.8, 4) is 0 Å². The molecule has 5 rings (SSSR count). The van der Waals surface area contributed by atoms with Crippen LogP contribution in [-0.2, 0) is 6.42 Å². The van der Waals surface area contributed by atoms with Crippen LogP contribution in [0.1, 0.15) is 42.5 Å². The molecule has 2 aliphatic rings. The highest BCUT2D eigenvalue weighted by atomic mass is 15.4. The van der Waals surface area contributed by atoms with E-state index >= 15 is 0 Å².